The molecule has 1 aromatic carbocycles. The number of likely N-dealkylation sites (N-methyl/N-ethyl adjacent to an activating group) is 2. The minimum Gasteiger partial charge on any atom is -0.493 e. The van der Waals surface area contributed by atoms with Crippen molar-refractivity contribution < 1.29 is 19.1 Å². The van der Waals surface area contributed by atoms with Crippen LogP contribution < -0.4 is 10.1 Å². The lowest BCUT2D eigenvalue weighted by atomic mass is 9.90. The highest BCUT2D eigenvalue weighted by Gasteiger charge is 2.50. The molecule has 7 heteroatoms. The Hall–Kier alpha value is -2.12. The first-order valence-corrected chi connectivity index (χ1v) is 9.58. The molecular weight excluding hydrogens is 346 g/mol. The zero-order valence-electron chi connectivity index (χ0n) is 16.0. The summed E-state index contributed by atoms with van der Waals surface area (Å²) in [5, 5.41) is 2.67. The molecule has 1 spiro atoms. The molecule has 2 fully saturated rings. The van der Waals surface area contributed by atoms with E-state index in [1.807, 2.05) is 29.0 Å². The van der Waals surface area contributed by atoms with E-state index in [9.17, 15) is 9.59 Å². The number of carbonyl (C=O) groups is 2. The fourth-order valence-corrected chi connectivity index (χ4v) is 4.26. The van der Waals surface area contributed by atoms with E-state index in [2.05, 4.69) is 11.4 Å². The van der Waals surface area contributed by atoms with Crippen molar-refractivity contribution >= 4 is 11.8 Å². The average Bonchev–Trinajstić information content (AvgIpc) is 2.65. The Morgan fingerprint density at radius 3 is 2.85 bits per heavy atom. The number of hydrogen-bond acceptors (Lipinski definition) is 5. The summed E-state index contributed by atoms with van der Waals surface area (Å²) in [6.07, 6.45) is 2.44. The number of benzene rings is 1. The molecule has 2 saturated heterocycles. The van der Waals surface area contributed by atoms with Gasteiger partial charge in [-0.05, 0) is 37.1 Å². The number of amides is 2. The highest BCUT2D eigenvalue weighted by molar-refractivity contribution is 5.82. The lowest BCUT2D eigenvalue weighted by Gasteiger charge is -2.54. The van der Waals surface area contributed by atoms with Gasteiger partial charge in [0.1, 0.15) is 17.4 Å². The quantitative estimate of drug-likeness (QED) is 0.820. The largest absolute Gasteiger partial charge is 0.493 e. The Kier molecular flexibility index (Phi) is 4.82. The van der Waals surface area contributed by atoms with Gasteiger partial charge in [0, 0.05) is 13.6 Å². The van der Waals surface area contributed by atoms with E-state index in [1.165, 1.54) is 5.56 Å². The number of nitrogens with one attached hydrogen (secondary N) is 1. The molecule has 0 radical (unpaired) electrons. The molecule has 0 saturated carbocycles. The molecule has 3 aliphatic rings. The van der Waals surface area contributed by atoms with Gasteiger partial charge >= 0.3 is 0 Å². The van der Waals surface area contributed by atoms with Crippen molar-refractivity contribution in [3.63, 3.8) is 0 Å². The maximum absolute atomic E-state index is 12.7. The Balaban J connectivity index is 1.32. The first-order valence-electron chi connectivity index (χ1n) is 9.58. The van der Waals surface area contributed by atoms with Crippen LogP contribution in [0.2, 0.25) is 0 Å². The van der Waals surface area contributed by atoms with Crippen molar-refractivity contribution in [2.45, 2.75) is 30.9 Å². The van der Waals surface area contributed by atoms with Gasteiger partial charge in [0.05, 0.1) is 32.7 Å². The smallest absolute Gasteiger partial charge is 0.239 e. The lowest BCUT2D eigenvalue weighted by molar-refractivity contribution is -0.200. The second-order valence-corrected chi connectivity index (χ2v) is 7.86. The average molecular weight is 373 g/mol. The van der Waals surface area contributed by atoms with Gasteiger partial charge in [-0.3, -0.25) is 14.5 Å². The van der Waals surface area contributed by atoms with E-state index < -0.39 is 0 Å². The number of rotatable bonds is 3. The monoisotopic (exact) mass is 373 g/mol. The molecule has 3 aliphatic heterocycles. The molecule has 1 aromatic rings. The summed E-state index contributed by atoms with van der Waals surface area (Å²) in [6, 6.07) is 5.80. The third-order valence-electron chi connectivity index (χ3n) is 5.81. The third-order valence-corrected chi connectivity index (χ3v) is 5.81. The van der Waals surface area contributed by atoms with Crippen LogP contribution in [0.5, 0.6) is 5.75 Å². The van der Waals surface area contributed by atoms with Gasteiger partial charge in [-0.1, -0.05) is 12.1 Å². The molecule has 4 rings (SSSR count). The minimum absolute atomic E-state index is 0.0315. The van der Waals surface area contributed by atoms with Crippen molar-refractivity contribution in [2.75, 3.05) is 46.9 Å². The van der Waals surface area contributed by atoms with Gasteiger partial charge in [-0.15, -0.1) is 0 Å². The number of carbonyl (C=O) groups excluding carboxylic acids is 2. The van der Waals surface area contributed by atoms with E-state index in [-0.39, 0.29) is 23.5 Å². The number of hydrogen-bond donors (Lipinski definition) is 1. The maximum Gasteiger partial charge on any atom is 0.239 e. The Morgan fingerprint density at radius 2 is 2.11 bits per heavy atom. The highest BCUT2D eigenvalue weighted by atomic mass is 16.5. The zero-order chi connectivity index (χ0) is 19.0. The van der Waals surface area contributed by atoms with Gasteiger partial charge in [-0.25, -0.2) is 0 Å². The second kappa shape index (κ2) is 7.13. The van der Waals surface area contributed by atoms with Gasteiger partial charge in [-0.2, -0.15) is 0 Å². The summed E-state index contributed by atoms with van der Waals surface area (Å²) in [5.74, 6) is 1.04. The van der Waals surface area contributed by atoms with E-state index in [1.54, 1.807) is 7.05 Å². The molecule has 0 unspecified atom stereocenters. The molecule has 146 valence electrons. The molecule has 7 nitrogen and oxygen atoms in total. The van der Waals surface area contributed by atoms with Crippen LogP contribution in [0.15, 0.2) is 18.2 Å². The summed E-state index contributed by atoms with van der Waals surface area (Å²) in [7, 11) is 3.57. The first-order chi connectivity index (χ1) is 13.0. The number of likely N-dealkylation sites (tertiary alicyclic amines) is 1. The normalized spacial score (nSPS) is 23.9. The van der Waals surface area contributed by atoms with Crippen LogP contribution in [0, 0.1) is 0 Å². The summed E-state index contributed by atoms with van der Waals surface area (Å²) in [4.78, 5) is 28.4. The summed E-state index contributed by atoms with van der Waals surface area (Å²) in [6.45, 7) is 2.97. The van der Waals surface area contributed by atoms with E-state index in [4.69, 9.17) is 9.47 Å². The minimum atomic E-state index is -0.335. The van der Waals surface area contributed by atoms with Crippen LogP contribution in [0.4, 0.5) is 0 Å². The molecule has 0 bridgehead atoms. The number of fused-ring (bicyclic) bond motifs is 1. The topological polar surface area (TPSA) is 71.1 Å². The molecule has 27 heavy (non-hydrogen) atoms. The second-order valence-electron chi connectivity index (χ2n) is 7.86. The fraction of sp³-hybridized carbons (Fsp3) is 0.600. The van der Waals surface area contributed by atoms with Crippen molar-refractivity contribution in [3.05, 3.63) is 29.3 Å². The third kappa shape index (κ3) is 3.53. The van der Waals surface area contributed by atoms with E-state index in [0.29, 0.717) is 32.7 Å². The highest BCUT2D eigenvalue weighted by Crippen LogP contribution is 2.31. The predicted molar refractivity (Wildman–Crippen MR) is 99.7 cm³/mol. The van der Waals surface area contributed by atoms with Gasteiger partial charge in [0.15, 0.2) is 0 Å². The van der Waals surface area contributed by atoms with Crippen molar-refractivity contribution in [3.8, 4) is 5.75 Å². The molecule has 1 atom stereocenters. The van der Waals surface area contributed by atoms with Crippen LogP contribution in [0.1, 0.15) is 17.5 Å². The summed E-state index contributed by atoms with van der Waals surface area (Å²) in [5.41, 5.74) is 1.90. The Bertz CT molecular complexity index is 745. The summed E-state index contributed by atoms with van der Waals surface area (Å²) >= 11 is 0. The van der Waals surface area contributed by atoms with Gasteiger partial charge < -0.3 is 19.7 Å². The van der Waals surface area contributed by atoms with Crippen molar-refractivity contribution in [2.24, 2.45) is 0 Å². The van der Waals surface area contributed by atoms with Crippen molar-refractivity contribution in [1.29, 1.82) is 0 Å². The molecule has 2 amide bonds. The molecule has 3 heterocycles. The molecule has 0 aliphatic carbocycles. The number of nitrogens with zero attached hydrogens (tertiary/aromatic N) is 2. The number of ether oxygens (including phenoxy) is 2. The Morgan fingerprint density at radius 1 is 1.30 bits per heavy atom. The standard InChI is InChI=1S/C20H27N3O4/c1-21-19(25)16-10-27-20(11-22(16)2)12-23(13-20)18(24)9-14-5-6-17-15(8-14)4-3-7-26-17/h5-6,8,16H,3-4,7,9-13H2,1-2H3,(H,21,25)/t16-/m1/s1. The van der Waals surface area contributed by atoms with E-state index in [0.717, 1.165) is 30.8 Å². The van der Waals surface area contributed by atoms with E-state index >= 15 is 0 Å². The van der Waals surface area contributed by atoms with Gasteiger partial charge in [0.2, 0.25) is 11.8 Å². The molecule has 0 aromatic heterocycles. The number of morpholine rings is 1. The SMILES string of the molecule is CNC(=O)[C@H]1COC2(CN(C(=O)Cc3ccc4c(c3)CCCO4)C2)CN1C. The molecular formula is C20H27N3O4. The van der Waals surface area contributed by atoms with Gasteiger partial charge in [0.25, 0.3) is 0 Å². The van der Waals surface area contributed by atoms with Crippen molar-refractivity contribution in [1.82, 2.24) is 15.1 Å². The predicted octanol–water partition coefficient (Wildman–Crippen LogP) is 0.212. The Labute approximate surface area is 159 Å². The maximum atomic E-state index is 12.7. The van der Waals surface area contributed by atoms with Crippen LogP contribution in [-0.2, 0) is 27.2 Å². The van der Waals surface area contributed by atoms with Crippen LogP contribution in [0.3, 0.4) is 0 Å². The summed E-state index contributed by atoms with van der Waals surface area (Å²) < 4.78 is 11.6. The first kappa shape index (κ1) is 18.3. The van der Waals surface area contributed by atoms with Crippen LogP contribution in [-0.4, -0.2) is 80.2 Å². The fourth-order valence-electron chi connectivity index (χ4n) is 4.26. The lowest BCUT2D eigenvalue weighted by Crippen LogP contribution is -2.73. The zero-order valence-corrected chi connectivity index (χ0v) is 16.0. The van der Waals surface area contributed by atoms with Crippen LogP contribution in [0.25, 0.3) is 0 Å². The molecule has 1 N–H and O–H groups in total. The number of aryl methyl sites for hydroxylation is 1. The van der Waals surface area contributed by atoms with Crippen LogP contribution >= 0.6 is 0 Å².